The molecule has 5 nitrogen and oxygen atoms in total. The predicted molar refractivity (Wildman–Crippen MR) is 236 cm³/mol. The molecule has 0 aliphatic carbocycles. The molecule has 4 N–H and O–H groups in total. The molecule has 0 aromatic carbocycles. The van der Waals surface area contributed by atoms with Crippen molar-refractivity contribution in [2.75, 3.05) is 6.61 Å². The smallest absolute Gasteiger partial charge is 0.249 e. The lowest BCUT2D eigenvalue weighted by Gasteiger charge is -2.21. The van der Waals surface area contributed by atoms with Crippen LogP contribution in [0.3, 0.4) is 0 Å². The van der Waals surface area contributed by atoms with Gasteiger partial charge >= 0.3 is 0 Å². The zero-order valence-corrected chi connectivity index (χ0v) is 36.1. The second kappa shape index (κ2) is 44.3. The second-order valence-electron chi connectivity index (χ2n) is 16.3. The van der Waals surface area contributed by atoms with Crippen molar-refractivity contribution in [2.45, 2.75) is 263 Å². The normalized spacial score (nSPS) is 13.8. The van der Waals surface area contributed by atoms with E-state index in [2.05, 4.69) is 43.5 Å². The van der Waals surface area contributed by atoms with Crippen LogP contribution in [0.5, 0.6) is 0 Å². The molecular formula is C49H93NO4. The number of aliphatic hydroxyl groups is 3. The lowest BCUT2D eigenvalue weighted by atomic mass is 10.0. The van der Waals surface area contributed by atoms with Gasteiger partial charge in [0.2, 0.25) is 5.91 Å². The number of unbranched alkanes of at least 4 members (excludes halogenated alkanes) is 31. The summed E-state index contributed by atoms with van der Waals surface area (Å²) in [6.45, 7) is 4.18. The van der Waals surface area contributed by atoms with Crippen LogP contribution in [0, 0.1) is 0 Å². The molecule has 54 heavy (non-hydrogen) atoms. The number of allylic oxidation sites excluding steroid dienone is 5. The highest BCUT2D eigenvalue weighted by molar-refractivity contribution is 5.80. The Hall–Kier alpha value is -1.43. The molecule has 0 aliphatic heterocycles. The van der Waals surface area contributed by atoms with Gasteiger partial charge in [-0.3, -0.25) is 4.79 Å². The number of carbonyl (C=O) groups excluding carboxylic acids is 1. The average molecular weight is 760 g/mol. The highest BCUT2D eigenvalue weighted by Gasteiger charge is 2.22. The Morgan fingerprint density at radius 1 is 0.444 bits per heavy atom. The third-order valence-corrected chi connectivity index (χ3v) is 11.0. The van der Waals surface area contributed by atoms with E-state index in [1.807, 2.05) is 6.08 Å². The summed E-state index contributed by atoms with van der Waals surface area (Å²) in [6.07, 6.45) is 56.2. The molecule has 0 aliphatic rings. The van der Waals surface area contributed by atoms with Crippen molar-refractivity contribution < 1.29 is 20.1 Å². The van der Waals surface area contributed by atoms with Crippen LogP contribution >= 0.6 is 0 Å². The van der Waals surface area contributed by atoms with Crippen molar-refractivity contribution in [2.24, 2.45) is 0 Å². The number of carbonyl (C=O) groups is 1. The molecule has 0 heterocycles. The number of hydrogen-bond donors (Lipinski definition) is 4. The molecule has 5 heteroatoms. The van der Waals surface area contributed by atoms with Crippen LogP contribution in [0.2, 0.25) is 0 Å². The third-order valence-electron chi connectivity index (χ3n) is 11.0. The molecule has 0 aromatic heterocycles. The fraction of sp³-hybridized carbons (Fsp3) is 0.857. The average Bonchev–Trinajstić information content (AvgIpc) is 3.18. The Bertz CT molecular complexity index is 840. The van der Waals surface area contributed by atoms with Gasteiger partial charge < -0.3 is 20.6 Å². The molecule has 0 saturated heterocycles. The van der Waals surface area contributed by atoms with E-state index in [1.54, 1.807) is 6.08 Å². The Balaban J connectivity index is 3.67. The Labute approximate surface area is 336 Å². The maximum Gasteiger partial charge on any atom is 0.249 e. The molecule has 0 rings (SSSR count). The van der Waals surface area contributed by atoms with Crippen molar-refractivity contribution >= 4 is 5.91 Å². The summed E-state index contributed by atoms with van der Waals surface area (Å²) in [5, 5.41) is 33.2. The molecule has 0 bridgehead atoms. The fourth-order valence-corrected chi connectivity index (χ4v) is 7.20. The van der Waals surface area contributed by atoms with Crippen LogP contribution < -0.4 is 5.32 Å². The van der Waals surface area contributed by atoms with Gasteiger partial charge in [-0.05, 0) is 57.8 Å². The van der Waals surface area contributed by atoms with Crippen LogP contribution in [0.4, 0.5) is 0 Å². The zero-order valence-electron chi connectivity index (χ0n) is 36.1. The van der Waals surface area contributed by atoms with Gasteiger partial charge in [0, 0.05) is 0 Å². The van der Waals surface area contributed by atoms with Crippen LogP contribution in [0.1, 0.15) is 245 Å². The molecular weight excluding hydrogens is 667 g/mol. The molecule has 0 fully saturated rings. The largest absolute Gasteiger partial charge is 0.394 e. The molecule has 0 radical (unpaired) electrons. The quantitative estimate of drug-likeness (QED) is 0.0368. The van der Waals surface area contributed by atoms with Crippen molar-refractivity contribution in [3.63, 3.8) is 0 Å². The van der Waals surface area contributed by atoms with E-state index < -0.39 is 24.2 Å². The van der Waals surface area contributed by atoms with E-state index in [4.69, 9.17) is 0 Å². The molecule has 1 amide bonds. The van der Waals surface area contributed by atoms with Gasteiger partial charge in [0.05, 0.1) is 18.8 Å². The molecule has 3 unspecified atom stereocenters. The molecule has 0 aromatic rings. The van der Waals surface area contributed by atoms with Crippen LogP contribution in [0.15, 0.2) is 36.5 Å². The lowest BCUT2D eigenvalue weighted by molar-refractivity contribution is -0.131. The summed E-state index contributed by atoms with van der Waals surface area (Å²) in [4.78, 5) is 12.5. The Morgan fingerprint density at radius 2 is 0.759 bits per heavy atom. The summed E-state index contributed by atoms with van der Waals surface area (Å²) in [5.41, 5.74) is 0. The number of rotatable bonds is 43. The highest BCUT2D eigenvalue weighted by atomic mass is 16.3. The maximum absolute atomic E-state index is 12.5. The molecule has 318 valence electrons. The van der Waals surface area contributed by atoms with Gasteiger partial charge in [0.1, 0.15) is 6.10 Å². The first-order chi connectivity index (χ1) is 26.6. The van der Waals surface area contributed by atoms with Crippen LogP contribution in [-0.2, 0) is 4.79 Å². The first-order valence-corrected chi connectivity index (χ1v) is 23.8. The maximum atomic E-state index is 12.5. The number of amides is 1. The van der Waals surface area contributed by atoms with E-state index in [0.29, 0.717) is 6.42 Å². The SMILES string of the molecule is CCCCCCCCCCCCC/C=C/CC/C=C/C(O)C(CO)NC(=O)C(O)CCCCCCCCC/C=C\CCCCCCCCCCCCCC. The minimum absolute atomic E-state index is 0.377. The van der Waals surface area contributed by atoms with Gasteiger partial charge in [-0.1, -0.05) is 224 Å². The first-order valence-electron chi connectivity index (χ1n) is 23.8. The van der Waals surface area contributed by atoms with Crippen LogP contribution in [-0.4, -0.2) is 46.1 Å². The summed E-state index contributed by atoms with van der Waals surface area (Å²) < 4.78 is 0. The topological polar surface area (TPSA) is 89.8 Å². The molecule has 0 spiro atoms. The van der Waals surface area contributed by atoms with E-state index >= 15 is 0 Å². The second-order valence-corrected chi connectivity index (χ2v) is 16.3. The van der Waals surface area contributed by atoms with Gasteiger partial charge in [0.15, 0.2) is 0 Å². The van der Waals surface area contributed by atoms with Crippen molar-refractivity contribution in [1.29, 1.82) is 0 Å². The summed E-state index contributed by atoms with van der Waals surface area (Å²) in [5.74, 6) is -0.515. The lowest BCUT2D eigenvalue weighted by Crippen LogP contribution is -2.48. The van der Waals surface area contributed by atoms with E-state index in [-0.39, 0.29) is 6.61 Å². The zero-order chi connectivity index (χ0) is 39.4. The molecule has 3 atom stereocenters. The van der Waals surface area contributed by atoms with Crippen molar-refractivity contribution in [3.8, 4) is 0 Å². The number of nitrogens with one attached hydrogen (secondary N) is 1. The van der Waals surface area contributed by atoms with Gasteiger partial charge in [-0.2, -0.15) is 0 Å². The monoisotopic (exact) mass is 760 g/mol. The van der Waals surface area contributed by atoms with Gasteiger partial charge in [0.25, 0.3) is 0 Å². The van der Waals surface area contributed by atoms with Crippen LogP contribution in [0.25, 0.3) is 0 Å². The summed E-state index contributed by atoms with van der Waals surface area (Å²) in [6, 6.07) is -0.816. The third kappa shape index (κ3) is 38.8. The van der Waals surface area contributed by atoms with Crippen molar-refractivity contribution in [3.05, 3.63) is 36.5 Å². The highest BCUT2D eigenvalue weighted by Crippen LogP contribution is 2.15. The van der Waals surface area contributed by atoms with Crippen molar-refractivity contribution in [1.82, 2.24) is 5.32 Å². The van der Waals surface area contributed by atoms with Gasteiger partial charge in [-0.25, -0.2) is 0 Å². The summed E-state index contributed by atoms with van der Waals surface area (Å²) in [7, 11) is 0. The van der Waals surface area contributed by atoms with E-state index in [0.717, 1.165) is 38.5 Å². The fourth-order valence-electron chi connectivity index (χ4n) is 7.20. The minimum Gasteiger partial charge on any atom is -0.394 e. The first kappa shape index (κ1) is 52.6. The number of hydrogen-bond acceptors (Lipinski definition) is 4. The van der Waals surface area contributed by atoms with E-state index in [9.17, 15) is 20.1 Å². The predicted octanol–water partition coefficient (Wildman–Crippen LogP) is 13.9. The Morgan fingerprint density at radius 3 is 1.13 bits per heavy atom. The Kier molecular flexibility index (Phi) is 43.1. The standard InChI is InChI=1S/C49H93NO4/c1-3-5-7-9-11-13-15-17-19-21-22-23-24-25-26-28-30-32-34-36-38-40-42-44-48(53)49(54)50-46(45-51)47(52)43-41-39-37-35-33-31-29-27-20-18-16-14-12-10-8-6-4-2/h25-26,33,35,41,43,46-48,51-53H,3-24,27-32,34,36-40,42,44-45H2,1-2H3,(H,50,54)/b26-25-,35-33+,43-41+. The summed E-state index contributed by atoms with van der Waals surface area (Å²) >= 11 is 0. The minimum atomic E-state index is -1.11. The van der Waals surface area contributed by atoms with Gasteiger partial charge in [-0.15, -0.1) is 0 Å². The molecule has 0 saturated carbocycles. The van der Waals surface area contributed by atoms with E-state index in [1.165, 1.54) is 186 Å². The number of aliphatic hydroxyl groups excluding tert-OH is 3.